The summed E-state index contributed by atoms with van der Waals surface area (Å²) in [5.74, 6) is 2.77. The molecule has 1 aliphatic carbocycles. The molecule has 0 radical (unpaired) electrons. The molecule has 3 nitrogen and oxygen atoms in total. The summed E-state index contributed by atoms with van der Waals surface area (Å²) in [4.78, 5) is 10.5. The first-order chi connectivity index (χ1) is 7.33. The average molecular weight is 224 g/mol. The van der Waals surface area contributed by atoms with Crippen LogP contribution in [0.2, 0.25) is 5.15 Å². The van der Waals surface area contributed by atoms with E-state index in [1.165, 1.54) is 19.3 Å². The van der Waals surface area contributed by atoms with E-state index in [1.807, 2.05) is 6.07 Å². The molecule has 3 rings (SSSR count). The summed E-state index contributed by atoms with van der Waals surface area (Å²) in [5, 5.41) is 0.539. The fourth-order valence-electron chi connectivity index (χ4n) is 2.92. The van der Waals surface area contributed by atoms with Crippen LogP contribution < -0.4 is 4.90 Å². The van der Waals surface area contributed by atoms with Gasteiger partial charge in [0, 0.05) is 19.2 Å². The van der Waals surface area contributed by atoms with Crippen molar-refractivity contribution in [2.75, 3.05) is 18.0 Å². The maximum atomic E-state index is 5.87. The van der Waals surface area contributed by atoms with E-state index in [-0.39, 0.29) is 0 Å². The fraction of sp³-hybridized carbons (Fsp3) is 0.636. The minimum Gasteiger partial charge on any atom is -0.356 e. The van der Waals surface area contributed by atoms with Gasteiger partial charge in [-0.1, -0.05) is 18.0 Å². The molecule has 1 aliphatic heterocycles. The van der Waals surface area contributed by atoms with Gasteiger partial charge in [-0.15, -0.1) is 0 Å². The standard InChI is InChI=1S/C11H14ClN3/c12-10-4-11(14-7-13-10)15-5-8-2-1-3-9(8)6-15/h4,7-9H,1-3,5-6H2. The van der Waals surface area contributed by atoms with E-state index in [4.69, 9.17) is 11.6 Å². The van der Waals surface area contributed by atoms with Crippen molar-refractivity contribution in [2.45, 2.75) is 19.3 Å². The Morgan fingerprint density at radius 3 is 2.60 bits per heavy atom. The second-order valence-corrected chi connectivity index (χ2v) is 4.94. The predicted molar refractivity (Wildman–Crippen MR) is 60.1 cm³/mol. The van der Waals surface area contributed by atoms with Crippen LogP contribution in [0.4, 0.5) is 5.82 Å². The Balaban J connectivity index is 1.79. The number of anilines is 1. The SMILES string of the molecule is Clc1cc(N2CC3CCCC3C2)ncn1. The van der Waals surface area contributed by atoms with Gasteiger partial charge in [0.05, 0.1) is 0 Å². The molecule has 2 atom stereocenters. The quantitative estimate of drug-likeness (QED) is 0.685. The first-order valence-corrected chi connectivity index (χ1v) is 5.93. The van der Waals surface area contributed by atoms with Gasteiger partial charge in [-0.2, -0.15) is 0 Å². The first kappa shape index (κ1) is 9.40. The zero-order valence-corrected chi connectivity index (χ0v) is 9.32. The summed E-state index contributed by atoms with van der Waals surface area (Å²) in [7, 11) is 0. The third kappa shape index (κ3) is 1.69. The third-order valence-electron chi connectivity index (χ3n) is 3.67. The van der Waals surface area contributed by atoms with Crippen LogP contribution in [0.5, 0.6) is 0 Å². The normalized spacial score (nSPS) is 29.5. The van der Waals surface area contributed by atoms with Crippen LogP contribution in [0.15, 0.2) is 12.4 Å². The number of rotatable bonds is 1. The number of nitrogens with zero attached hydrogens (tertiary/aromatic N) is 3. The topological polar surface area (TPSA) is 29.0 Å². The average Bonchev–Trinajstić information content (AvgIpc) is 2.76. The van der Waals surface area contributed by atoms with Crippen molar-refractivity contribution >= 4 is 17.4 Å². The van der Waals surface area contributed by atoms with Crippen LogP contribution in [-0.2, 0) is 0 Å². The molecule has 0 amide bonds. The van der Waals surface area contributed by atoms with Gasteiger partial charge >= 0.3 is 0 Å². The number of aromatic nitrogens is 2. The van der Waals surface area contributed by atoms with Crippen LogP contribution in [0, 0.1) is 11.8 Å². The lowest BCUT2D eigenvalue weighted by molar-refractivity contribution is 0.494. The Bertz CT molecular complexity index is 357. The lowest BCUT2D eigenvalue weighted by Crippen LogP contribution is -2.21. The third-order valence-corrected chi connectivity index (χ3v) is 3.88. The van der Waals surface area contributed by atoms with Crippen LogP contribution >= 0.6 is 11.6 Å². The minimum absolute atomic E-state index is 0.539. The van der Waals surface area contributed by atoms with E-state index >= 15 is 0 Å². The summed E-state index contributed by atoms with van der Waals surface area (Å²) < 4.78 is 0. The van der Waals surface area contributed by atoms with E-state index < -0.39 is 0 Å². The van der Waals surface area contributed by atoms with Crippen molar-refractivity contribution in [3.05, 3.63) is 17.5 Å². The Morgan fingerprint density at radius 2 is 1.93 bits per heavy atom. The van der Waals surface area contributed by atoms with Crippen LogP contribution in [0.3, 0.4) is 0 Å². The summed E-state index contributed by atoms with van der Waals surface area (Å²) in [6.07, 6.45) is 5.74. The van der Waals surface area contributed by atoms with Gasteiger partial charge in [0.1, 0.15) is 17.3 Å². The number of halogens is 1. The minimum atomic E-state index is 0.539. The monoisotopic (exact) mass is 223 g/mol. The number of fused-ring (bicyclic) bond motifs is 1. The molecule has 0 N–H and O–H groups in total. The lowest BCUT2D eigenvalue weighted by atomic mass is 10.0. The molecule has 1 aromatic rings. The molecule has 80 valence electrons. The highest BCUT2D eigenvalue weighted by Crippen LogP contribution is 2.39. The Labute approximate surface area is 94.5 Å². The Hall–Kier alpha value is -0.830. The number of hydrogen-bond acceptors (Lipinski definition) is 3. The van der Waals surface area contributed by atoms with Crippen molar-refractivity contribution in [1.29, 1.82) is 0 Å². The highest BCUT2D eigenvalue weighted by molar-refractivity contribution is 6.29. The van der Waals surface area contributed by atoms with E-state index in [2.05, 4.69) is 14.9 Å². The highest BCUT2D eigenvalue weighted by Gasteiger charge is 2.36. The first-order valence-electron chi connectivity index (χ1n) is 5.55. The molecule has 2 fully saturated rings. The molecule has 2 unspecified atom stereocenters. The van der Waals surface area contributed by atoms with Gasteiger partial charge in [-0.25, -0.2) is 9.97 Å². The summed E-state index contributed by atoms with van der Waals surface area (Å²) in [6.45, 7) is 2.30. The van der Waals surface area contributed by atoms with Gasteiger partial charge in [0.25, 0.3) is 0 Å². The second kappa shape index (κ2) is 3.63. The molecule has 15 heavy (non-hydrogen) atoms. The molecular formula is C11H14ClN3. The van der Waals surface area contributed by atoms with Gasteiger partial charge in [-0.3, -0.25) is 0 Å². The van der Waals surface area contributed by atoms with E-state index in [1.54, 1.807) is 6.33 Å². The molecule has 1 saturated heterocycles. The molecule has 0 aromatic carbocycles. The van der Waals surface area contributed by atoms with E-state index in [0.717, 1.165) is 30.7 Å². The molecule has 0 bridgehead atoms. The molecule has 2 heterocycles. The second-order valence-electron chi connectivity index (χ2n) is 4.55. The van der Waals surface area contributed by atoms with Crippen molar-refractivity contribution in [1.82, 2.24) is 9.97 Å². The molecule has 1 saturated carbocycles. The van der Waals surface area contributed by atoms with E-state index in [0.29, 0.717) is 5.15 Å². The largest absolute Gasteiger partial charge is 0.356 e. The predicted octanol–water partition coefficient (Wildman–Crippen LogP) is 2.37. The van der Waals surface area contributed by atoms with Gasteiger partial charge < -0.3 is 4.90 Å². The molecule has 0 spiro atoms. The van der Waals surface area contributed by atoms with Crippen LogP contribution in [0.1, 0.15) is 19.3 Å². The van der Waals surface area contributed by atoms with E-state index in [9.17, 15) is 0 Å². The summed E-state index contributed by atoms with van der Waals surface area (Å²) in [5.41, 5.74) is 0. The zero-order valence-electron chi connectivity index (χ0n) is 8.56. The summed E-state index contributed by atoms with van der Waals surface area (Å²) in [6, 6.07) is 1.86. The molecular weight excluding hydrogens is 210 g/mol. The van der Waals surface area contributed by atoms with Crippen LogP contribution in [-0.4, -0.2) is 23.1 Å². The van der Waals surface area contributed by atoms with Crippen LogP contribution in [0.25, 0.3) is 0 Å². The van der Waals surface area contributed by atoms with Gasteiger partial charge in [0.15, 0.2) is 0 Å². The number of hydrogen-bond donors (Lipinski definition) is 0. The lowest BCUT2D eigenvalue weighted by Gasteiger charge is -2.17. The Kier molecular flexibility index (Phi) is 2.28. The smallest absolute Gasteiger partial charge is 0.134 e. The van der Waals surface area contributed by atoms with Crippen molar-refractivity contribution in [3.8, 4) is 0 Å². The maximum Gasteiger partial charge on any atom is 0.134 e. The van der Waals surface area contributed by atoms with Crippen molar-refractivity contribution < 1.29 is 0 Å². The molecule has 2 aliphatic rings. The van der Waals surface area contributed by atoms with Crippen molar-refractivity contribution in [2.24, 2.45) is 11.8 Å². The van der Waals surface area contributed by atoms with Gasteiger partial charge in [-0.05, 0) is 24.7 Å². The molecule has 1 aromatic heterocycles. The zero-order chi connectivity index (χ0) is 10.3. The highest BCUT2D eigenvalue weighted by atomic mass is 35.5. The maximum absolute atomic E-state index is 5.87. The van der Waals surface area contributed by atoms with Crippen molar-refractivity contribution in [3.63, 3.8) is 0 Å². The Morgan fingerprint density at radius 1 is 1.20 bits per heavy atom. The fourth-order valence-corrected chi connectivity index (χ4v) is 3.06. The molecule has 4 heteroatoms. The summed E-state index contributed by atoms with van der Waals surface area (Å²) >= 11 is 5.87. The van der Waals surface area contributed by atoms with Gasteiger partial charge in [0.2, 0.25) is 0 Å².